The Morgan fingerprint density at radius 3 is 3.00 bits per heavy atom. The van der Waals surface area contributed by atoms with Crippen LogP contribution in [0.3, 0.4) is 0 Å². The van der Waals surface area contributed by atoms with Gasteiger partial charge >= 0.3 is 0 Å². The molecule has 20 heavy (non-hydrogen) atoms. The van der Waals surface area contributed by atoms with E-state index in [0.29, 0.717) is 17.9 Å². The second-order valence-electron chi connectivity index (χ2n) is 6.06. The standard InChI is InChI=1S/C18H24N2/c1-3-10-19-17-9-8-16(13(17)2)15-7-6-14-5-4-11-20-18(14)12-15/h4-7,11-13,16-17,19H,3,8-10H2,1-2H3. The minimum atomic E-state index is 0.677. The summed E-state index contributed by atoms with van der Waals surface area (Å²) in [7, 11) is 0. The summed E-state index contributed by atoms with van der Waals surface area (Å²) in [5.41, 5.74) is 2.59. The molecule has 0 radical (unpaired) electrons. The van der Waals surface area contributed by atoms with Gasteiger partial charge in [-0.25, -0.2) is 0 Å². The van der Waals surface area contributed by atoms with Crippen LogP contribution in [0, 0.1) is 5.92 Å². The van der Waals surface area contributed by atoms with Gasteiger partial charge in [0.2, 0.25) is 0 Å². The fourth-order valence-electron chi connectivity index (χ4n) is 3.57. The fourth-order valence-corrected chi connectivity index (χ4v) is 3.57. The van der Waals surface area contributed by atoms with Crippen LogP contribution in [-0.4, -0.2) is 17.6 Å². The summed E-state index contributed by atoms with van der Waals surface area (Å²) in [6.45, 7) is 5.77. The summed E-state index contributed by atoms with van der Waals surface area (Å²) >= 11 is 0. The van der Waals surface area contributed by atoms with E-state index in [-0.39, 0.29) is 0 Å². The lowest BCUT2D eigenvalue weighted by molar-refractivity contribution is 0.405. The second kappa shape index (κ2) is 5.92. The van der Waals surface area contributed by atoms with Crippen molar-refractivity contribution < 1.29 is 0 Å². The van der Waals surface area contributed by atoms with Gasteiger partial charge in [0.25, 0.3) is 0 Å². The molecule has 0 saturated heterocycles. The van der Waals surface area contributed by atoms with Crippen LogP contribution in [0.15, 0.2) is 36.5 Å². The van der Waals surface area contributed by atoms with Crippen LogP contribution >= 0.6 is 0 Å². The molecule has 1 heterocycles. The summed E-state index contributed by atoms with van der Waals surface area (Å²) in [6.07, 6.45) is 5.69. The first-order chi connectivity index (χ1) is 9.79. The first-order valence-corrected chi connectivity index (χ1v) is 7.87. The number of benzene rings is 1. The van der Waals surface area contributed by atoms with Crippen LogP contribution in [0.1, 0.15) is 44.6 Å². The molecule has 1 fully saturated rings. The number of aromatic nitrogens is 1. The zero-order chi connectivity index (χ0) is 13.9. The molecule has 1 aliphatic carbocycles. The quantitative estimate of drug-likeness (QED) is 0.902. The molecule has 2 aromatic rings. The van der Waals surface area contributed by atoms with Crippen molar-refractivity contribution in [2.75, 3.05) is 6.54 Å². The molecule has 3 atom stereocenters. The minimum Gasteiger partial charge on any atom is -0.314 e. The van der Waals surface area contributed by atoms with Crippen molar-refractivity contribution in [1.82, 2.24) is 10.3 Å². The van der Waals surface area contributed by atoms with E-state index in [1.54, 1.807) is 0 Å². The highest BCUT2D eigenvalue weighted by atomic mass is 14.9. The highest BCUT2D eigenvalue weighted by Gasteiger charge is 2.33. The lowest BCUT2D eigenvalue weighted by Gasteiger charge is -2.22. The third-order valence-electron chi connectivity index (χ3n) is 4.77. The van der Waals surface area contributed by atoms with Crippen LogP contribution < -0.4 is 5.32 Å². The number of nitrogens with zero attached hydrogens (tertiary/aromatic N) is 1. The second-order valence-corrected chi connectivity index (χ2v) is 6.06. The molecule has 0 spiro atoms. The average molecular weight is 268 g/mol. The maximum absolute atomic E-state index is 4.49. The lowest BCUT2D eigenvalue weighted by atomic mass is 9.88. The highest BCUT2D eigenvalue weighted by Crippen LogP contribution is 2.40. The number of fused-ring (bicyclic) bond motifs is 1. The maximum Gasteiger partial charge on any atom is 0.0704 e. The van der Waals surface area contributed by atoms with Crippen molar-refractivity contribution in [2.45, 2.75) is 45.1 Å². The Kier molecular flexibility index (Phi) is 4.02. The van der Waals surface area contributed by atoms with Crippen molar-refractivity contribution in [2.24, 2.45) is 5.92 Å². The van der Waals surface area contributed by atoms with Gasteiger partial charge in [0.05, 0.1) is 5.52 Å². The molecule has 2 heteroatoms. The predicted octanol–water partition coefficient (Wildman–Crippen LogP) is 4.12. The van der Waals surface area contributed by atoms with Crippen LogP contribution in [-0.2, 0) is 0 Å². The molecule has 0 amide bonds. The summed E-state index contributed by atoms with van der Waals surface area (Å²) in [4.78, 5) is 4.49. The Bertz CT molecular complexity index is 578. The molecule has 106 valence electrons. The van der Waals surface area contributed by atoms with E-state index in [9.17, 15) is 0 Å². The van der Waals surface area contributed by atoms with E-state index in [0.717, 1.165) is 12.1 Å². The van der Waals surface area contributed by atoms with Crippen molar-refractivity contribution in [3.8, 4) is 0 Å². The van der Waals surface area contributed by atoms with Crippen molar-refractivity contribution in [1.29, 1.82) is 0 Å². The van der Waals surface area contributed by atoms with Gasteiger partial charge in [-0.15, -0.1) is 0 Å². The number of hydrogen-bond acceptors (Lipinski definition) is 2. The van der Waals surface area contributed by atoms with Gasteiger partial charge in [0, 0.05) is 17.6 Å². The van der Waals surface area contributed by atoms with E-state index >= 15 is 0 Å². The molecule has 0 bridgehead atoms. The van der Waals surface area contributed by atoms with Gasteiger partial charge < -0.3 is 5.32 Å². The topological polar surface area (TPSA) is 24.9 Å². The van der Waals surface area contributed by atoms with E-state index in [2.05, 4.69) is 48.4 Å². The van der Waals surface area contributed by atoms with E-state index in [4.69, 9.17) is 0 Å². The number of hydrogen-bond donors (Lipinski definition) is 1. The Morgan fingerprint density at radius 2 is 2.15 bits per heavy atom. The zero-order valence-corrected chi connectivity index (χ0v) is 12.5. The van der Waals surface area contributed by atoms with Gasteiger partial charge in [-0.3, -0.25) is 4.98 Å². The van der Waals surface area contributed by atoms with Crippen molar-refractivity contribution in [3.63, 3.8) is 0 Å². The smallest absolute Gasteiger partial charge is 0.0704 e. The Balaban J connectivity index is 1.81. The maximum atomic E-state index is 4.49. The van der Waals surface area contributed by atoms with Gasteiger partial charge in [-0.2, -0.15) is 0 Å². The molecular formula is C18H24N2. The van der Waals surface area contributed by atoms with Gasteiger partial charge in [-0.05, 0) is 55.3 Å². The molecule has 1 N–H and O–H groups in total. The first kappa shape index (κ1) is 13.6. The molecule has 3 unspecified atom stereocenters. The number of pyridine rings is 1. The summed E-state index contributed by atoms with van der Waals surface area (Å²) in [6, 6.07) is 11.6. The molecule has 1 saturated carbocycles. The normalized spacial score (nSPS) is 26.2. The van der Waals surface area contributed by atoms with Crippen LogP contribution in [0.25, 0.3) is 10.9 Å². The lowest BCUT2D eigenvalue weighted by Crippen LogP contribution is -2.32. The van der Waals surface area contributed by atoms with Crippen LogP contribution in [0.4, 0.5) is 0 Å². The van der Waals surface area contributed by atoms with Crippen molar-refractivity contribution in [3.05, 3.63) is 42.1 Å². The highest BCUT2D eigenvalue weighted by molar-refractivity contribution is 5.79. The molecular weight excluding hydrogens is 244 g/mol. The molecule has 1 aromatic carbocycles. The van der Waals surface area contributed by atoms with Crippen LogP contribution in [0.2, 0.25) is 0 Å². The Hall–Kier alpha value is -1.41. The van der Waals surface area contributed by atoms with Gasteiger partial charge in [-0.1, -0.05) is 32.0 Å². The molecule has 0 aliphatic heterocycles. The van der Waals surface area contributed by atoms with E-state index < -0.39 is 0 Å². The monoisotopic (exact) mass is 268 g/mol. The summed E-state index contributed by atoms with van der Waals surface area (Å²) in [5, 5.41) is 4.94. The van der Waals surface area contributed by atoms with Crippen LogP contribution in [0.5, 0.6) is 0 Å². The zero-order valence-electron chi connectivity index (χ0n) is 12.5. The molecule has 2 nitrogen and oxygen atoms in total. The average Bonchev–Trinajstić information content (AvgIpc) is 2.85. The third-order valence-corrected chi connectivity index (χ3v) is 4.77. The first-order valence-electron chi connectivity index (χ1n) is 7.87. The van der Waals surface area contributed by atoms with E-state index in [1.807, 2.05) is 12.3 Å². The molecule has 3 rings (SSSR count). The number of rotatable bonds is 4. The predicted molar refractivity (Wildman–Crippen MR) is 85.0 cm³/mol. The van der Waals surface area contributed by atoms with Gasteiger partial charge in [0.1, 0.15) is 0 Å². The summed E-state index contributed by atoms with van der Waals surface area (Å²) < 4.78 is 0. The number of nitrogens with one attached hydrogen (secondary N) is 1. The Labute approximate surface area is 121 Å². The van der Waals surface area contributed by atoms with E-state index in [1.165, 1.54) is 30.2 Å². The minimum absolute atomic E-state index is 0.677. The molecule has 1 aliphatic rings. The molecule has 1 aromatic heterocycles. The van der Waals surface area contributed by atoms with Crippen molar-refractivity contribution >= 4 is 10.9 Å². The Morgan fingerprint density at radius 1 is 1.25 bits per heavy atom. The summed E-state index contributed by atoms with van der Waals surface area (Å²) in [5.74, 6) is 1.39. The SMILES string of the molecule is CCCNC1CCC(c2ccc3cccnc3c2)C1C. The third kappa shape index (κ3) is 2.57. The fraction of sp³-hybridized carbons (Fsp3) is 0.500. The van der Waals surface area contributed by atoms with Gasteiger partial charge in [0.15, 0.2) is 0 Å². The largest absolute Gasteiger partial charge is 0.314 e.